The lowest BCUT2D eigenvalue weighted by Crippen LogP contribution is -2.37. The summed E-state index contributed by atoms with van der Waals surface area (Å²) in [6.07, 6.45) is 6.16. The van der Waals surface area contributed by atoms with E-state index in [4.69, 9.17) is 4.74 Å². The molecule has 0 saturated heterocycles. The van der Waals surface area contributed by atoms with Gasteiger partial charge < -0.3 is 9.84 Å². The van der Waals surface area contributed by atoms with Crippen LogP contribution in [0.15, 0.2) is 48.8 Å². The Balaban J connectivity index is 0.00000247. The second kappa shape index (κ2) is 13.6. The van der Waals surface area contributed by atoms with Crippen molar-refractivity contribution in [2.75, 3.05) is 13.1 Å². The first-order valence-corrected chi connectivity index (χ1v) is 13.1. The molecular weight excluding hydrogens is 495 g/mol. The Bertz CT molecular complexity index is 1120. The van der Waals surface area contributed by atoms with Gasteiger partial charge in [-0.15, -0.1) is 0 Å². The maximum atomic E-state index is 12.9. The first-order valence-electron chi connectivity index (χ1n) is 13.1. The van der Waals surface area contributed by atoms with Crippen LogP contribution in [-0.4, -0.2) is 50.6 Å². The van der Waals surface area contributed by atoms with Crippen molar-refractivity contribution in [2.24, 2.45) is 5.92 Å². The molecule has 0 bridgehead atoms. The minimum Gasteiger partial charge on any atom is -0.478 e. The van der Waals surface area contributed by atoms with Gasteiger partial charge in [0.1, 0.15) is 5.75 Å². The molecule has 0 amide bonds. The van der Waals surface area contributed by atoms with E-state index in [-0.39, 0.29) is 0 Å². The van der Waals surface area contributed by atoms with Gasteiger partial charge in [0.05, 0.1) is 17.8 Å². The molecule has 6 nitrogen and oxygen atoms in total. The fraction of sp³-hybridized carbons (Fsp3) is 0.517. The van der Waals surface area contributed by atoms with Crippen LogP contribution in [0.2, 0.25) is 0 Å². The standard InChI is InChI=1S/C27H34F3N3O3.C2H6/c1-5-6-23(9-7-19(2)27(28,29)30)33-18-20(16-31-33)17-32-13-11-21-8-10-24(15-22(21)12-14-32)36-26(3,4)25(34)35;1-2/h6-10,15-16,18-19H,5,11-14,17H2,1-4H3,(H,34,35);1-2H3/b9-7-,23-6+;. The molecule has 0 radical (unpaired) electrons. The highest BCUT2D eigenvalue weighted by Crippen LogP contribution is 2.28. The number of aromatic nitrogens is 2. The van der Waals surface area contributed by atoms with Gasteiger partial charge in [-0.3, -0.25) is 4.90 Å². The van der Waals surface area contributed by atoms with Crippen molar-refractivity contribution < 1.29 is 27.8 Å². The van der Waals surface area contributed by atoms with Crippen LogP contribution in [0.3, 0.4) is 0 Å². The van der Waals surface area contributed by atoms with Crippen molar-refractivity contribution in [1.82, 2.24) is 14.7 Å². The van der Waals surface area contributed by atoms with E-state index in [9.17, 15) is 23.1 Å². The lowest BCUT2D eigenvalue weighted by molar-refractivity contribution is -0.156. The number of carbonyl (C=O) groups is 1. The second-order valence-electron chi connectivity index (χ2n) is 9.64. The molecule has 2 aromatic rings. The number of fused-ring (bicyclic) bond motifs is 1. The Hall–Kier alpha value is -3.07. The minimum absolute atomic E-state index is 0.541. The van der Waals surface area contributed by atoms with Crippen LogP contribution >= 0.6 is 0 Å². The van der Waals surface area contributed by atoms with Crippen LogP contribution < -0.4 is 4.74 Å². The van der Waals surface area contributed by atoms with Gasteiger partial charge in [-0.25, -0.2) is 9.48 Å². The average Bonchev–Trinajstić information content (AvgIpc) is 3.23. The van der Waals surface area contributed by atoms with Crippen LogP contribution in [0, 0.1) is 5.92 Å². The van der Waals surface area contributed by atoms with E-state index in [1.807, 2.05) is 51.2 Å². The minimum atomic E-state index is -4.27. The van der Waals surface area contributed by atoms with Crippen LogP contribution in [0.4, 0.5) is 13.2 Å². The maximum Gasteiger partial charge on any atom is 0.394 e. The summed E-state index contributed by atoms with van der Waals surface area (Å²) in [7, 11) is 0. The Morgan fingerprint density at radius 1 is 1.18 bits per heavy atom. The molecule has 1 aliphatic rings. The number of benzene rings is 1. The Morgan fingerprint density at radius 3 is 2.45 bits per heavy atom. The number of nitrogens with zero attached hydrogens (tertiary/aromatic N) is 3. The summed E-state index contributed by atoms with van der Waals surface area (Å²) < 4.78 is 46.0. The number of rotatable bonds is 9. The largest absolute Gasteiger partial charge is 0.478 e. The number of hydrogen-bond donors (Lipinski definition) is 1. The molecule has 9 heteroatoms. The summed E-state index contributed by atoms with van der Waals surface area (Å²) in [6, 6.07) is 5.75. The van der Waals surface area contributed by atoms with Gasteiger partial charge >= 0.3 is 12.1 Å². The van der Waals surface area contributed by atoms with Gasteiger partial charge in [0.15, 0.2) is 5.60 Å². The number of aliphatic carboxylic acids is 1. The van der Waals surface area contributed by atoms with Gasteiger partial charge in [-0.05, 0) is 62.4 Å². The first kappa shape index (κ1) is 31.1. The van der Waals surface area contributed by atoms with Crippen molar-refractivity contribution in [3.63, 3.8) is 0 Å². The van der Waals surface area contributed by atoms with Crippen molar-refractivity contribution in [3.8, 4) is 5.75 Å². The van der Waals surface area contributed by atoms with Crippen molar-refractivity contribution in [3.05, 3.63) is 65.5 Å². The molecule has 0 aliphatic carbocycles. The molecule has 1 aromatic carbocycles. The summed E-state index contributed by atoms with van der Waals surface area (Å²) in [5, 5.41) is 13.7. The zero-order chi connectivity index (χ0) is 28.5. The number of ether oxygens (including phenoxy) is 1. The van der Waals surface area contributed by atoms with Crippen LogP contribution in [0.25, 0.3) is 5.70 Å². The molecule has 1 atom stereocenters. The van der Waals surface area contributed by atoms with Gasteiger partial charge in [0.2, 0.25) is 0 Å². The van der Waals surface area contributed by atoms with E-state index in [2.05, 4.69) is 10.00 Å². The van der Waals surface area contributed by atoms with E-state index >= 15 is 0 Å². The highest BCUT2D eigenvalue weighted by Gasteiger charge is 2.34. The molecule has 38 heavy (non-hydrogen) atoms. The summed E-state index contributed by atoms with van der Waals surface area (Å²) >= 11 is 0. The summed E-state index contributed by atoms with van der Waals surface area (Å²) in [4.78, 5) is 13.7. The Morgan fingerprint density at radius 2 is 1.84 bits per heavy atom. The highest BCUT2D eigenvalue weighted by molar-refractivity contribution is 5.76. The smallest absolute Gasteiger partial charge is 0.394 e. The predicted molar refractivity (Wildman–Crippen MR) is 144 cm³/mol. The molecule has 0 saturated carbocycles. The quantitative estimate of drug-likeness (QED) is 0.360. The topological polar surface area (TPSA) is 67.6 Å². The normalized spacial score (nSPS) is 15.9. The van der Waals surface area contributed by atoms with Crippen LogP contribution in [0.1, 0.15) is 64.7 Å². The van der Waals surface area contributed by atoms with E-state index in [0.717, 1.165) is 50.1 Å². The molecule has 1 N–H and O–H groups in total. The molecule has 0 spiro atoms. The van der Waals surface area contributed by atoms with E-state index < -0.39 is 23.7 Å². The molecular formula is C29H40F3N3O3. The third-order valence-corrected chi connectivity index (χ3v) is 6.25. The number of hydrogen-bond acceptors (Lipinski definition) is 4. The molecule has 210 valence electrons. The Kier molecular flexibility index (Phi) is 11.2. The number of halogens is 3. The average molecular weight is 536 g/mol. The molecule has 1 unspecified atom stereocenters. The van der Waals surface area contributed by atoms with E-state index in [1.165, 1.54) is 25.5 Å². The summed E-state index contributed by atoms with van der Waals surface area (Å²) in [5.74, 6) is -2.02. The van der Waals surface area contributed by atoms with Crippen LogP contribution in [0.5, 0.6) is 5.75 Å². The van der Waals surface area contributed by atoms with Gasteiger partial charge in [0.25, 0.3) is 0 Å². The maximum absolute atomic E-state index is 12.9. The zero-order valence-electron chi connectivity index (χ0n) is 23.2. The zero-order valence-corrected chi connectivity index (χ0v) is 23.2. The number of carboxylic acids is 1. The first-order chi connectivity index (χ1) is 17.9. The SMILES string of the molecule is CC.CC/C=C(\C=C/C(C)C(F)(F)F)n1cc(CN2CCc3ccc(OC(C)(C)C(=O)O)cc3CC2)cn1. The molecule has 2 heterocycles. The van der Waals surface area contributed by atoms with E-state index in [1.54, 1.807) is 10.9 Å². The number of alkyl halides is 3. The molecule has 1 aromatic heterocycles. The molecule has 3 rings (SSSR count). The summed E-state index contributed by atoms with van der Waals surface area (Å²) in [5.41, 5.74) is 2.64. The number of carboxylic acid groups (broad SMARTS) is 1. The second-order valence-corrected chi connectivity index (χ2v) is 9.64. The summed E-state index contributed by atoms with van der Waals surface area (Å²) in [6.45, 7) is 12.4. The number of allylic oxidation sites excluding steroid dienone is 4. The van der Waals surface area contributed by atoms with Gasteiger partial charge in [-0.1, -0.05) is 45.9 Å². The fourth-order valence-electron chi connectivity index (χ4n) is 3.95. The van der Waals surface area contributed by atoms with Crippen molar-refractivity contribution in [2.45, 2.75) is 79.1 Å². The third-order valence-electron chi connectivity index (χ3n) is 6.25. The third kappa shape index (κ3) is 8.75. The predicted octanol–water partition coefficient (Wildman–Crippen LogP) is 6.76. The lowest BCUT2D eigenvalue weighted by atomic mass is 10.0. The Labute approximate surface area is 223 Å². The molecule has 1 aliphatic heterocycles. The van der Waals surface area contributed by atoms with Gasteiger partial charge in [-0.2, -0.15) is 18.3 Å². The van der Waals surface area contributed by atoms with Gasteiger partial charge in [0, 0.05) is 31.4 Å². The monoisotopic (exact) mass is 535 g/mol. The van der Waals surface area contributed by atoms with Crippen LogP contribution in [-0.2, 0) is 24.2 Å². The van der Waals surface area contributed by atoms with Crippen molar-refractivity contribution >= 4 is 11.7 Å². The fourth-order valence-corrected chi connectivity index (χ4v) is 3.95. The van der Waals surface area contributed by atoms with E-state index in [0.29, 0.717) is 24.4 Å². The lowest BCUT2D eigenvalue weighted by Gasteiger charge is -2.22. The van der Waals surface area contributed by atoms with Crippen molar-refractivity contribution in [1.29, 1.82) is 0 Å². The highest BCUT2D eigenvalue weighted by atomic mass is 19.4. The molecule has 0 fully saturated rings.